The van der Waals surface area contributed by atoms with E-state index in [9.17, 15) is 0 Å². The predicted molar refractivity (Wildman–Crippen MR) is 53.1 cm³/mol. The quantitative estimate of drug-likeness (QED) is 0.571. The summed E-state index contributed by atoms with van der Waals surface area (Å²) in [5, 5.41) is 8.69. The molecule has 0 aliphatic rings. The van der Waals surface area contributed by atoms with Gasteiger partial charge in [-0.1, -0.05) is 26.0 Å². The molecule has 0 aliphatic carbocycles. The zero-order valence-electron chi connectivity index (χ0n) is 8.37. The second kappa shape index (κ2) is 4.28. The zero-order chi connectivity index (χ0) is 9.84. The molecule has 1 atom stereocenters. The van der Waals surface area contributed by atoms with Gasteiger partial charge < -0.3 is 4.89 Å². The van der Waals surface area contributed by atoms with E-state index in [0.29, 0.717) is 11.7 Å². The Morgan fingerprint density at radius 3 is 2.69 bits per heavy atom. The molecule has 0 aliphatic heterocycles. The summed E-state index contributed by atoms with van der Waals surface area (Å²) in [4.78, 5) is 4.35. The van der Waals surface area contributed by atoms with Crippen LogP contribution in [0.25, 0.3) is 0 Å². The zero-order valence-corrected chi connectivity index (χ0v) is 8.37. The average Bonchev–Trinajstić information content (AvgIpc) is 2.16. The Morgan fingerprint density at radius 2 is 2.15 bits per heavy atom. The standard InChI is InChI=1S/C11H16O2/c1-4-8(2)11-9(3)6-5-7-10(11)13-12/h5-8,12H,4H2,1-3H3. The molecule has 1 unspecified atom stereocenters. The van der Waals surface area contributed by atoms with E-state index < -0.39 is 0 Å². The Balaban J connectivity index is 3.14. The van der Waals surface area contributed by atoms with Gasteiger partial charge in [-0.15, -0.1) is 0 Å². The van der Waals surface area contributed by atoms with Gasteiger partial charge in [0.05, 0.1) is 0 Å². The van der Waals surface area contributed by atoms with Crippen molar-refractivity contribution >= 4 is 0 Å². The minimum Gasteiger partial charge on any atom is -0.340 e. The van der Waals surface area contributed by atoms with Gasteiger partial charge in [0.2, 0.25) is 0 Å². The van der Waals surface area contributed by atoms with Gasteiger partial charge in [0.15, 0.2) is 5.75 Å². The Bertz CT molecular complexity index is 281. The Morgan fingerprint density at radius 1 is 1.46 bits per heavy atom. The van der Waals surface area contributed by atoms with Crippen molar-refractivity contribution in [3.63, 3.8) is 0 Å². The lowest BCUT2D eigenvalue weighted by molar-refractivity contribution is -0.138. The van der Waals surface area contributed by atoms with Crippen LogP contribution in [-0.2, 0) is 0 Å². The SMILES string of the molecule is CCC(C)c1c(C)cccc1OO. The molecule has 0 bridgehead atoms. The van der Waals surface area contributed by atoms with E-state index in [1.165, 1.54) is 5.56 Å². The number of hydrogen-bond donors (Lipinski definition) is 1. The first-order valence-corrected chi connectivity index (χ1v) is 4.61. The molecule has 0 saturated carbocycles. The van der Waals surface area contributed by atoms with Crippen LogP contribution >= 0.6 is 0 Å². The van der Waals surface area contributed by atoms with Gasteiger partial charge in [0.25, 0.3) is 0 Å². The first kappa shape index (κ1) is 10.1. The van der Waals surface area contributed by atoms with Crippen LogP contribution < -0.4 is 4.89 Å². The van der Waals surface area contributed by atoms with Crippen LogP contribution in [0.3, 0.4) is 0 Å². The van der Waals surface area contributed by atoms with Crippen LogP contribution in [0.4, 0.5) is 0 Å². The molecular formula is C11H16O2. The highest BCUT2D eigenvalue weighted by molar-refractivity contribution is 5.41. The highest BCUT2D eigenvalue weighted by atomic mass is 17.1. The third-order valence-electron chi connectivity index (χ3n) is 2.49. The number of benzene rings is 1. The summed E-state index contributed by atoms with van der Waals surface area (Å²) >= 11 is 0. The average molecular weight is 180 g/mol. The molecule has 0 aromatic heterocycles. The summed E-state index contributed by atoms with van der Waals surface area (Å²) in [7, 11) is 0. The van der Waals surface area contributed by atoms with E-state index in [2.05, 4.69) is 18.7 Å². The smallest absolute Gasteiger partial charge is 0.168 e. The highest BCUT2D eigenvalue weighted by Crippen LogP contribution is 2.31. The molecule has 1 rings (SSSR count). The Hall–Kier alpha value is -1.02. The molecule has 13 heavy (non-hydrogen) atoms. The molecule has 72 valence electrons. The van der Waals surface area contributed by atoms with Crippen LogP contribution in [0.15, 0.2) is 18.2 Å². The number of rotatable bonds is 3. The van der Waals surface area contributed by atoms with Gasteiger partial charge in [-0.05, 0) is 30.9 Å². The highest BCUT2D eigenvalue weighted by Gasteiger charge is 2.12. The largest absolute Gasteiger partial charge is 0.340 e. The van der Waals surface area contributed by atoms with Crippen LogP contribution in [0.1, 0.15) is 37.3 Å². The Kier molecular flexibility index (Phi) is 3.32. The molecule has 2 nitrogen and oxygen atoms in total. The second-order valence-electron chi connectivity index (χ2n) is 3.39. The summed E-state index contributed by atoms with van der Waals surface area (Å²) in [6.07, 6.45) is 1.04. The van der Waals surface area contributed by atoms with E-state index in [-0.39, 0.29) is 0 Å². The third-order valence-corrected chi connectivity index (χ3v) is 2.49. The molecule has 0 spiro atoms. The van der Waals surface area contributed by atoms with E-state index >= 15 is 0 Å². The summed E-state index contributed by atoms with van der Waals surface area (Å²) in [6.45, 7) is 6.28. The predicted octanol–water partition coefficient (Wildman–Crippen LogP) is 3.36. The summed E-state index contributed by atoms with van der Waals surface area (Å²) in [5.41, 5.74) is 2.27. The van der Waals surface area contributed by atoms with Crippen molar-refractivity contribution in [3.05, 3.63) is 29.3 Å². The third kappa shape index (κ3) is 2.01. The first-order valence-electron chi connectivity index (χ1n) is 4.61. The second-order valence-corrected chi connectivity index (χ2v) is 3.39. The van der Waals surface area contributed by atoms with Gasteiger partial charge in [0, 0.05) is 5.56 Å². The van der Waals surface area contributed by atoms with Crippen molar-refractivity contribution in [2.24, 2.45) is 0 Å². The van der Waals surface area contributed by atoms with E-state index in [4.69, 9.17) is 5.26 Å². The van der Waals surface area contributed by atoms with Crippen molar-refractivity contribution in [3.8, 4) is 5.75 Å². The van der Waals surface area contributed by atoms with E-state index in [1.54, 1.807) is 6.07 Å². The maximum atomic E-state index is 8.69. The lowest BCUT2D eigenvalue weighted by Gasteiger charge is -2.14. The van der Waals surface area contributed by atoms with Gasteiger partial charge in [-0.2, -0.15) is 0 Å². The molecule has 0 fully saturated rings. The Labute approximate surface area is 79.1 Å². The molecule has 1 N–H and O–H groups in total. The van der Waals surface area contributed by atoms with Crippen molar-refractivity contribution in [2.75, 3.05) is 0 Å². The topological polar surface area (TPSA) is 29.5 Å². The van der Waals surface area contributed by atoms with Crippen molar-refractivity contribution in [1.29, 1.82) is 0 Å². The summed E-state index contributed by atoms with van der Waals surface area (Å²) in [5.74, 6) is 0.998. The molecule has 0 radical (unpaired) electrons. The maximum Gasteiger partial charge on any atom is 0.168 e. The molecule has 2 heteroatoms. The molecule has 0 saturated heterocycles. The minimum absolute atomic E-state index is 0.420. The summed E-state index contributed by atoms with van der Waals surface area (Å²) in [6, 6.07) is 5.70. The molecule has 1 aromatic rings. The maximum absolute atomic E-state index is 8.69. The molecule has 1 aromatic carbocycles. The van der Waals surface area contributed by atoms with E-state index in [0.717, 1.165) is 12.0 Å². The lowest BCUT2D eigenvalue weighted by atomic mass is 9.93. The molecular weight excluding hydrogens is 164 g/mol. The van der Waals surface area contributed by atoms with E-state index in [1.807, 2.05) is 19.1 Å². The minimum atomic E-state index is 0.420. The first-order chi connectivity index (χ1) is 6.20. The monoisotopic (exact) mass is 180 g/mol. The van der Waals surface area contributed by atoms with Crippen molar-refractivity contribution < 1.29 is 10.1 Å². The number of hydrogen-bond acceptors (Lipinski definition) is 2. The lowest BCUT2D eigenvalue weighted by Crippen LogP contribution is -1.99. The fourth-order valence-corrected chi connectivity index (χ4v) is 1.57. The fourth-order valence-electron chi connectivity index (χ4n) is 1.57. The van der Waals surface area contributed by atoms with Crippen molar-refractivity contribution in [2.45, 2.75) is 33.1 Å². The normalized spacial score (nSPS) is 12.6. The number of aryl methyl sites for hydroxylation is 1. The molecule has 0 heterocycles. The van der Waals surface area contributed by atoms with Crippen molar-refractivity contribution in [1.82, 2.24) is 0 Å². The van der Waals surface area contributed by atoms with Gasteiger partial charge in [-0.25, -0.2) is 5.26 Å². The van der Waals surface area contributed by atoms with Crippen LogP contribution in [0.5, 0.6) is 5.75 Å². The fraction of sp³-hybridized carbons (Fsp3) is 0.455. The van der Waals surface area contributed by atoms with Gasteiger partial charge in [-0.3, -0.25) is 0 Å². The van der Waals surface area contributed by atoms with Crippen LogP contribution in [0.2, 0.25) is 0 Å². The molecule has 0 amide bonds. The van der Waals surface area contributed by atoms with Gasteiger partial charge >= 0.3 is 0 Å². The van der Waals surface area contributed by atoms with Crippen LogP contribution in [0, 0.1) is 6.92 Å². The summed E-state index contributed by atoms with van der Waals surface area (Å²) < 4.78 is 0. The van der Waals surface area contributed by atoms with Crippen LogP contribution in [-0.4, -0.2) is 5.26 Å². The van der Waals surface area contributed by atoms with Gasteiger partial charge in [0.1, 0.15) is 0 Å².